The molecule has 17 heavy (non-hydrogen) atoms. The number of aryl methyl sites for hydroxylation is 1. The van der Waals surface area contributed by atoms with Gasteiger partial charge >= 0.3 is 0 Å². The Morgan fingerprint density at radius 3 is 2.71 bits per heavy atom. The summed E-state index contributed by atoms with van der Waals surface area (Å²) in [7, 11) is 0. The second-order valence-electron chi connectivity index (χ2n) is 5.10. The van der Waals surface area contributed by atoms with Gasteiger partial charge in [-0.25, -0.2) is 0 Å². The maximum Gasteiger partial charge on any atom is 0.0819 e. The molecule has 0 atom stereocenters. The summed E-state index contributed by atoms with van der Waals surface area (Å²) in [5, 5.41) is 13.8. The van der Waals surface area contributed by atoms with Crippen LogP contribution >= 0.6 is 15.9 Å². The Balaban J connectivity index is 1.99. The molecule has 0 bridgehead atoms. The fourth-order valence-corrected chi connectivity index (χ4v) is 2.79. The maximum absolute atomic E-state index is 10.4. The number of halogens is 1. The number of benzene rings is 1. The van der Waals surface area contributed by atoms with Crippen molar-refractivity contribution in [1.82, 2.24) is 0 Å². The third-order valence-corrected chi connectivity index (χ3v) is 4.09. The van der Waals surface area contributed by atoms with Gasteiger partial charge in [0.1, 0.15) is 0 Å². The van der Waals surface area contributed by atoms with Crippen molar-refractivity contribution in [2.45, 2.75) is 44.6 Å². The SMILES string of the molecule is Cc1ccc(Br)cc1NCC1(O)CCCCC1. The lowest BCUT2D eigenvalue weighted by molar-refractivity contribution is 0.0167. The molecule has 1 aliphatic rings. The Labute approximate surface area is 112 Å². The van der Waals surface area contributed by atoms with Crippen LogP contribution in [0.15, 0.2) is 22.7 Å². The van der Waals surface area contributed by atoms with Gasteiger partial charge in [0.2, 0.25) is 0 Å². The number of aliphatic hydroxyl groups is 1. The zero-order valence-corrected chi connectivity index (χ0v) is 11.9. The maximum atomic E-state index is 10.4. The summed E-state index contributed by atoms with van der Waals surface area (Å²) >= 11 is 3.47. The lowest BCUT2D eigenvalue weighted by Gasteiger charge is -2.32. The molecule has 0 aromatic heterocycles. The van der Waals surface area contributed by atoms with Crippen LogP contribution in [0.4, 0.5) is 5.69 Å². The van der Waals surface area contributed by atoms with Crippen molar-refractivity contribution in [3.8, 4) is 0 Å². The van der Waals surface area contributed by atoms with Gasteiger partial charge in [-0.05, 0) is 37.5 Å². The van der Waals surface area contributed by atoms with E-state index < -0.39 is 5.60 Å². The molecule has 3 heteroatoms. The normalized spacial score (nSPS) is 19.0. The quantitative estimate of drug-likeness (QED) is 0.888. The average molecular weight is 298 g/mol. The molecule has 1 fully saturated rings. The molecule has 0 radical (unpaired) electrons. The minimum absolute atomic E-state index is 0.507. The highest BCUT2D eigenvalue weighted by molar-refractivity contribution is 9.10. The van der Waals surface area contributed by atoms with Crippen molar-refractivity contribution in [3.63, 3.8) is 0 Å². The van der Waals surface area contributed by atoms with Crippen molar-refractivity contribution in [2.24, 2.45) is 0 Å². The fourth-order valence-electron chi connectivity index (χ4n) is 2.43. The van der Waals surface area contributed by atoms with Gasteiger partial charge < -0.3 is 10.4 Å². The third kappa shape index (κ3) is 3.46. The van der Waals surface area contributed by atoms with E-state index in [2.05, 4.69) is 40.3 Å². The summed E-state index contributed by atoms with van der Waals surface area (Å²) in [6, 6.07) is 6.19. The summed E-state index contributed by atoms with van der Waals surface area (Å²) in [6.45, 7) is 2.74. The molecule has 94 valence electrons. The molecule has 2 rings (SSSR count). The van der Waals surface area contributed by atoms with Gasteiger partial charge in [0.25, 0.3) is 0 Å². The minimum Gasteiger partial charge on any atom is -0.388 e. The van der Waals surface area contributed by atoms with E-state index in [4.69, 9.17) is 0 Å². The monoisotopic (exact) mass is 297 g/mol. The van der Waals surface area contributed by atoms with Crippen LogP contribution in [-0.4, -0.2) is 17.3 Å². The van der Waals surface area contributed by atoms with E-state index in [1.807, 2.05) is 6.07 Å². The molecule has 0 amide bonds. The summed E-state index contributed by atoms with van der Waals surface area (Å²) in [4.78, 5) is 0. The van der Waals surface area contributed by atoms with Gasteiger partial charge in [-0.3, -0.25) is 0 Å². The average Bonchev–Trinajstić information content (AvgIpc) is 2.31. The first-order chi connectivity index (χ1) is 8.09. The van der Waals surface area contributed by atoms with E-state index in [0.717, 1.165) is 35.8 Å². The Bertz CT molecular complexity index is 386. The first-order valence-electron chi connectivity index (χ1n) is 6.31. The van der Waals surface area contributed by atoms with Crippen LogP contribution < -0.4 is 5.32 Å². The van der Waals surface area contributed by atoms with Crippen molar-refractivity contribution in [1.29, 1.82) is 0 Å². The number of rotatable bonds is 3. The van der Waals surface area contributed by atoms with Crippen LogP contribution in [0, 0.1) is 6.92 Å². The van der Waals surface area contributed by atoms with Crippen LogP contribution in [0.3, 0.4) is 0 Å². The Morgan fingerprint density at radius 1 is 1.29 bits per heavy atom. The molecule has 0 aliphatic heterocycles. The van der Waals surface area contributed by atoms with E-state index in [-0.39, 0.29) is 0 Å². The standard InChI is InChI=1S/C14H20BrNO/c1-11-5-6-12(15)9-13(11)16-10-14(17)7-3-2-4-8-14/h5-6,9,16-17H,2-4,7-8,10H2,1H3. The molecule has 2 N–H and O–H groups in total. The minimum atomic E-state index is -0.507. The molecule has 1 aromatic carbocycles. The highest BCUT2D eigenvalue weighted by atomic mass is 79.9. The molecule has 0 heterocycles. The molecule has 1 aromatic rings. The van der Waals surface area contributed by atoms with Crippen LogP contribution in [0.25, 0.3) is 0 Å². The van der Waals surface area contributed by atoms with Crippen molar-refractivity contribution < 1.29 is 5.11 Å². The third-order valence-electron chi connectivity index (χ3n) is 3.59. The number of nitrogens with one attached hydrogen (secondary N) is 1. The molecular weight excluding hydrogens is 278 g/mol. The number of hydrogen-bond acceptors (Lipinski definition) is 2. The van der Waals surface area contributed by atoms with Crippen molar-refractivity contribution in [2.75, 3.05) is 11.9 Å². The highest BCUT2D eigenvalue weighted by Gasteiger charge is 2.28. The van der Waals surface area contributed by atoms with E-state index >= 15 is 0 Å². The van der Waals surface area contributed by atoms with Gasteiger partial charge in [0, 0.05) is 16.7 Å². The first-order valence-corrected chi connectivity index (χ1v) is 7.11. The Kier molecular flexibility index (Phi) is 4.10. The molecule has 0 spiro atoms. The largest absolute Gasteiger partial charge is 0.388 e. The summed E-state index contributed by atoms with van der Waals surface area (Å²) in [6.07, 6.45) is 5.41. The van der Waals surface area contributed by atoms with E-state index in [9.17, 15) is 5.11 Å². The van der Waals surface area contributed by atoms with Crippen molar-refractivity contribution in [3.05, 3.63) is 28.2 Å². The van der Waals surface area contributed by atoms with Gasteiger partial charge in [-0.2, -0.15) is 0 Å². The zero-order chi connectivity index (χ0) is 12.3. The van der Waals surface area contributed by atoms with E-state index in [1.165, 1.54) is 12.0 Å². The van der Waals surface area contributed by atoms with Crippen molar-refractivity contribution >= 4 is 21.6 Å². The van der Waals surface area contributed by atoms with Crippen LogP contribution in [0.2, 0.25) is 0 Å². The smallest absolute Gasteiger partial charge is 0.0819 e. The molecule has 0 unspecified atom stereocenters. The van der Waals surface area contributed by atoms with E-state index in [1.54, 1.807) is 0 Å². The molecule has 0 saturated heterocycles. The first kappa shape index (κ1) is 12.9. The van der Waals surface area contributed by atoms with Gasteiger partial charge in [-0.15, -0.1) is 0 Å². The Morgan fingerprint density at radius 2 is 2.00 bits per heavy atom. The number of hydrogen-bond donors (Lipinski definition) is 2. The lowest BCUT2D eigenvalue weighted by Crippen LogP contribution is -2.38. The second-order valence-corrected chi connectivity index (χ2v) is 6.01. The topological polar surface area (TPSA) is 32.3 Å². The highest BCUT2D eigenvalue weighted by Crippen LogP contribution is 2.29. The molecule has 1 saturated carbocycles. The molecule has 2 nitrogen and oxygen atoms in total. The predicted molar refractivity (Wildman–Crippen MR) is 75.4 cm³/mol. The van der Waals surface area contributed by atoms with Crippen LogP contribution in [0.1, 0.15) is 37.7 Å². The van der Waals surface area contributed by atoms with Gasteiger partial charge in [0.15, 0.2) is 0 Å². The van der Waals surface area contributed by atoms with Crippen LogP contribution in [0.5, 0.6) is 0 Å². The Hall–Kier alpha value is -0.540. The van der Waals surface area contributed by atoms with E-state index in [0.29, 0.717) is 6.54 Å². The molecular formula is C14H20BrNO. The zero-order valence-electron chi connectivity index (χ0n) is 10.3. The van der Waals surface area contributed by atoms with Gasteiger partial charge in [-0.1, -0.05) is 41.3 Å². The number of anilines is 1. The summed E-state index contributed by atoms with van der Waals surface area (Å²) < 4.78 is 1.07. The molecule has 1 aliphatic carbocycles. The van der Waals surface area contributed by atoms with Gasteiger partial charge in [0.05, 0.1) is 5.60 Å². The predicted octanol–water partition coefficient (Wildman–Crippen LogP) is 3.86. The second kappa shape index (κ2) is 5.40. The lowest BCUT2D eigenvalue weighted by atomic mass is 9.85. The summed E-state index contributed by atoms with van der Waals surface area (Å²) in [5.41, 5.74) is 1.82. The van der Waals surface area contributed by atoms with Crippen LogP contribution in [-0.2, 0) is 0 Å². The fraction of sp³-hybridized carbons (Fsp3) is 0.571. The summed E-state index contributed by atoms with van der Waals surface area (Å²) in [5.74, 6) is 0.